The van der Waals surface area contributed by atoms with E-state index in [1.807, 2.05) is 0 Å². The van der Waals surface area contributed by atoms with Crippen molar-refractivity contribution in [1.82, 2.24) is 14.8 Å². The first kappa shape index (κ1) is 12.7. The first-order chi connectivity index (χ1) is 8.30. The van der Waals surface area contributed by atoms with E-state index in [0.29, 0.717) is 12.1 Å². The fourth-order valence-corrected chi connectivity index (χ4v) is 1.59. The van der Waals surface area contributed by atoms with E-state index in [4.69, 9.17) is 12.2 Å². The molecule has 8 heteroatoms. The Hall–Kier alpha value is -1.70. The number of aromatic amines is 1. The molecule has 1 aromatic carbocycles. The summed E-state index contributed by atoms with van der Waals surface area (Å²) >= 11 is 4.82. The fourth-order valence-electron chi connectivity index (χ4n) is 1.46. The van der Waals surface area contributed by atoms with Crippen molar-refractivity contribution in [2.45, 2.75) is 6.18 Å². The van der Waals surface area contributed by atoms with Crippen LogP contribution in [0.25, 0.3) is 11.4 Å². The maximum Gasteiger partial charge on any atom is 0.416 e. The number of H-pyrrole nitrogens is 1. The van der Waals surface area contributed by atoms with E-state index >= 15 is 0 Å². The van der Waals surface area contributed by atoms with Gasteiger partial charge in [0.1, 0.15) is 5.82 Å². The maximum atomic E-state index is 13.6. The zero-order valence-electron chi connectivity index (χ0n) is 9.05. The number of hydrogen-bond acceptors (Lipinski definition) is 2. The molecule has 3 nitrogen and oxygen atoms in total. The summed E-state index contributed by atoms with van der Waals surface area (Å²) < 4.78 is 52.7. The predicted molar refractivity (Wildman–Crippen MR) is 58.8 cm³/mol. The highest BCUT2D eigenvalue weighted by Crippen LogP contribution is 2.32. The van der Waals surface area contributed by atoms with Crippen LogP contribution >= 0.6 is 12.2 Å². The van der Waals surface area contributed by atoms with Crippen molar-refractivity contribution < 1.29 is 17.6 Å². The predicted octanol–water partition coefficient (Wildman–Crippen LogP) is 3.30. The van der Waals surface area contributed by atoms with E-state index in [9.17, 15) is 17.6 Å². The lowest BCUT2D eigenvalue weighted by atomic mass is 10.1. The highest BCUT2D eigenvalue weighted by atomic mass is 32.1. The van der Waals surface area contributed by atoms with Crippen molar-refractivity contribution in [3.63, 3.8) is 0 Å². The highest BCUT2D eigenvalue weighted by Gasteiger charge is 2.31. The number of nitrogens with zero attached hydrogens (tertiary/aromatic N) is 2. The Bertz CT molecular complexity index is 641. The molecule has 0 fully saturated rings. The third kappa shape index (κ3) is 2.15. The summed E-state index contributed by atoms with van der Waals surface area (Å²) in [6.45, 7) is 0. The van der Waals surface area contributed by atoms with Gasteiger partial charge in [-0.25, -0.2) is 4.39 Å². The summed E-state index contributed by atoms with van der Waals surface area (Å²) in [5, 5.41) is 6.10. The topological polar surface area (TPSA) is 33.6 Å². The number of benzene rings is 1. The van der Waals surface area contributed by atoms with E-state index in [2.05, 4.69) is 10.2 Å². The Balaban J connectivity index is 2.64. The van der Waals surface area contributed by atoms with Crippen LogP contribution in [0.4, 0.5) is 17.6 Å². The Morgan fingerprint density at radius 2 is 2.00 bits per heavy atom. The molecular weight excluding hydrogens is 270 g/mol. The van der Waals surface area contributed by atoms with Crippen molar-refractivity contribution >= 4 is 12.2 Å². The number of alkyl halides is 3. The molecule has 0 atom stereocenters. The second-order valence-corrected chi connectivity index (χ2v) is 3.99. The number of halogens is 4. The van der Waals surface area contributed by atoms with Crippen molar-refractivity contribution in [2.75, 3.05) is 0 Å². The van der Waals surface area contributed by atoms with Crippen LogP contribution in [-0.2, 0) is 13.2 Å². The molecule has 0 aliphatic rings. The Labute approximate surface area is 104 Å². The molecule has 18 heavy (non-hydrogen) atoms. The molecule has 0 bridgehead atoms. The van der Waals surface area contributed by atoms with Gasteiger partial charge in [-0.05, 0) is 30.4 Å². The third-order valence-electron chi connectivity index (χ3n) is 2.41. The number of hydrogen-bond donors (Lipinski definition) is 1. The minimum Gasteiger partial charge on any atom is -0.303 e. The zero-order valence-corrected chi connectivity index (χ0v) is 9.86. The molecule has 0 radical (unpaired) electrons. The van der Waals surface area contributed by atoms with Gasteiger partial charge in [0.25, 0.3) is 0 Å². The summed E-state index contributed by atoms with van der Waals surface area (Å²) in [6.07, 6.45) is -4.53. The van der Waals surface area contributed by atoms with Gasteiger partial charge in [-0.1, -0.05) is 0 Å². The first-order valence-electron chi connectivity index (χ1n) is 4.79. The van der Waals surface area contributed by atoms with Crippen LogP contribution in [0, 0.1) is 10.6 Å². The van der Waals surface area contributed by atoms with Gasteiger partial charge in [0.05, 0.1) is 11.1 Å². The lowest BCUT2D eigenvalue weighted by molar-refractivity contribution is -0.137. The summed E-state index contributed by atoms with van der Waals surface area (Å²) in [5.74, 6) is -0.774. The van der Waals surface area contributed by atoms with Crippen LogP contribution in [0.5, 0.6) is 0 Å². The van der Waals surface area contributed by atoms with Crippen LogP contribution in [0.3, 0.4) is 0 Å². The van der Waals surface area contributed by atoms with E-state index in [-0.39, 0.29) is 16.2 Å². The molecule has 0 saturated heterocycles. The molecule has 96 valence electrons. The standard InChI is InChI=1S/C10H7F4N3S/c1-17-8(15-16-9(17)18)6-4-5(10(12,13)14)2-3-7(6)11/h2-4H,1H3,(H,16,18). The van der Waals surface area contributed by atoms with E-state index in [1.54, 1.807) is 0 Å². The van der Waals surface area contributed by atoms with Crippen LogP contribution < -0.4 is 0 Å². The van der Waals surface area contributed by atoms with Gasteiger partial charge >= 0.3 is 6.18 Å². The average molecular weight is 277 g/mol. The smallest absolute Gasteiger partial charge is 0.303 e. The molecule has 1 N–H and O–H groups in total. The molecule has 0 unspecified atom stereocenters. The summed E-state index contributed by atoms with van der Waals surface area (Å²) in [5.41, 5.74) is -1.19. The molecule has 0 aliphatic carbocycles. The largest absolute Gasteiger partial charge is 0.416 e. The first-order valence-corrected chi connectivity index (χ1v) is 5.20. The quantitative estimate of drug-likeness (QED) is 0.641. The highest BCUT2D eigenvalue weighted by molar-refractivity contribution is 7.71. The monoisotopic (exact) mass is 277 g/mol. The summed E-state index contributed by atoms with van der Waals surface area (Å²) in [4.78, 5) is 0. The van der Waals surface area contributed by atoms with Crippen LogP contribution in [-0.4, -0.2) is 14.8 Å². The van der Waals surface area contributed by atoms with Crippen LogP contribution in [0.15, 0.2) is 18.2 Å². The minimum atomic E-state index is -4.53. The van der Waals surface area contributed by atoms with Crippen LogP contribution in [0.2, 0.25) is 0 Å². The molecule has 1 aromatic heterocycles. The normalized spacial score (nSPS) is 11.8. The number of rotatable bonds is 1. The van der Waals surface area contributed by atoms with Gasteiger partial charge in [0, 0.05) is 7.05 Å². The minimum absolute atomic E-state index is 0.0172. The van der Waals surface area contributed by atoms with E-state index in [1.165, 1.54) is 11.6 Å². The van der Waals surface area contributed by atoms with Gasteiger partial charge in [0.2, 0.25) is 0 Å². The summed E-state index contributed by atoms with van der Waals surface area (Å²) in [7, 11) is 1.49. The molecule has 0 amide bonds. The lowest BCUT2D eigenvalue weighted by Gasteiger charge is -2.09. The molecule has 0 aliphatic heterocycles. The van der Waals surface area contributed by atoms with Gasteiger partial charge in [-0.2, -0.15) is 18.3 Å². The number of nitrogens with one attached hydrogen (secondary N) is 1. The summed E-state index contributed by atoms with van der Waals surface area (Å²) in [6, 6.07) is 2.15. The molecule has 2 aromatic rings. The second-order valence-electron chi connectivity index (χ2n) is 3.60. The Morgan fingerprint density at radius 1 is 1.33 bits per heavy atom. The van der Waals surface area contributed by atoms with Crippen molar-refractivity contribution in [1.29, 1.82) is 0 Å². The van der Waals surface area contributed by atoms with E-state index in [0.717, 1.165) is 6.07 Å². The van der Waals surface area contributed by atoms with Gasteiger partial charge in [-0.15, -0.1) is 0 Å². The lowest BCUT2D eigenvalue weighted by Crippen LogP contribution is -2.06. The second kappa shape index (κ2) is 4.20. The van der Waals surface area contributed by atoms with Crippen molar-refractivity contribution in [2.24, 2.45) is 7.05 Å². The average Bonchev–Trinajstić information content (AvgIpc) is 2.59. The van der Waals surface area contributed by atoms with Gasteiger partial charge in [0.15, 0.2) is 10.6 Å². The van der Waals surface area contributed by atoms with Crippen LogP contribution in [0.1, 0.15) is 5.56 Å². The zero-order chi connectivity index (χ0) is 13.5. The SMILES string of the molecule is Cn1c(-c2cc(C(F)(F)F)ccc2F)n[nH]c1=S. The molecule has 0 saturated carbocycles. The maximum absolute atomic E-state index is 13.6. The molecular formula is C10H7F4N3S. The van der Waals surface area contributed by atoms with Crippen molar-refractivity contribution in [3.05, 3.63) is 34.4 Å². The molecule has 0 spiro atoms. The Kier molecular flexibility index (Phi) is 2.97. The van der Waals surface area contributed by atoms with Gasteiger partial charge < -0.3 is 4.57 Å². The number of aromatic nitrogens is 3. The third-order valence-corrected chi connectivity index (χ3v) is 2.78. The van der Waals surface area contributed by atoms with Crippen molar-refractivity contribution in [3.8, 4) is 11.4 Å². The fraction of sp³-hybridized carbons (Fsp3) is 0.200. The molecule has 1 heterocycles. The molecule has 2 rings (SSSR count). The Morgan fingerprint density at radius 3 is 2.50 bits per heavy atom. The van der Waals surface area contributed by atoms with E-state index < -0.39 is 17.6 Å². The van der Waals surface area contributed by atoms with Gasteiger partial charge in [-0.3, -0.25) is 5.10 Å².